The van der Waals surface area contributed by atoms with E-state index in [1.165, 1.54) is 13.2 Å². The molecule has 1 amide bonds. The first-order valence-electron chi connectivity index (χ1n) is 8.09. The van der Waals surface area contributed by atoms with Gasteiger partial charge in [-0.25, -0.2) is 13.4 Å². The van der Waals surface area contributed by atoms with Gasteiger partial charge in [-0.05, 0) is 18.2 Å². The number of ether oxygens (including phenoxy) is 1. The molecular formula is C16H22ClN5O4S. The standard InChI is InChI=1S/C16H21N5O4S.ClH/c1-25-14-4-3-11(9-12(14)20-26(2,23)24)18-16(22)13-10-21-8-7-17-6-5-15(21)19-13;/h3-4,9-10,17,20H,5-8H2,1-2H3,(H,18,22);1H. The number of carbonyl (C=O) groups excluding carboxylic acids is 1. The lowest BCUT2D eigenvalue weighted by molar-refractivity contribution is 0.102. The van der Waals surface area contributed by atoms with E-state index in [-0.39, 0.29) is 24.0 Å². The molecule has 9 nitrogen and oxygen atoms in total. The minimum atomic E-state index is -3.48. The number of anilines is 2. The van der Waals surface area contributed by atoms with Crippen molar-refractivity contribution in [1.82, 2.24) is 14.9 Å². The van der Waals surface area contributed by atoms with E-state index in [0.29, 0.717) is 17.1 Å². The fourth-order valence-electron chi connectivity index (χ4n) is 2.74. The lowest BCUT2D eigenvalue weighted by Gasteiger charge is -2.12. The second kappa shape index (κ2) is 8.59. The first-order chi connectivity index (χ1) is 12.4. The van der Waals surface area contributed by atoms with Crippen LogP contribution in [0.3, 0.4) is 0 Å². The molecule has 0 radical (unpaired) electrons. The SMILES string of the molecule is COc1ccc(NC(=O)c2cn3c(n2)CCNCC3)cc1NS(C)(=O)=O.Cl. The third kappa shape index (κ3) is 5.34. The van der Waals surface area contributed by atoms with E-state index in [0.717, 1.165) is 38.1 Å². The van der Waals surface area contributed by atoms with Gasteiger partial charge in [0.05, 0.1) is 19.1 Å². The molecule has 0 unspecified atom stereocenters. The molecule has 1 aromatic carbocycles. The highest BCUT2D eigenvalue weighted by atomic mass is 35.5. The molecule has 2 heterocycles. The van der Waals surface area contributed by atoms with Gasteiger partial charge >= 0.3 is 0 Å². The maximum atomic E-state index is 12.5. The minimum Gasteiger partial charge on any atom is -0.495 e. The van der Waals surface area contributed by atoms with Crippen LogP contribution in [0.5, 0.6) is 5.75 Å². The van der Waals surface area contributed by atoms with Crippen LogP contribution in [0.1, 0.15) is 16.3 Å². The molecule has 1 aromatic heterocycles. The lowest BCUT2D eigenvalue weighted by Crippen LogP contribution is -2.18. The molecule has 0 atom stereocenters. The number of sulfonamides is 1. The number of hydrogen-bond acceptors (Lipinski definition) is 6. The van der Waals surface area contributed by atoms with Gasteiger partial charge in [0.2, 0.25) is 10.0 Å². The van der Waals surface area contributed by atoms with Crippen LogP contribution in [0, 0.1) is 0 Å². The Morgan fingerprint density at radius 3 is 2.81 bits per heavy atom. The summed E-state index contributed by atoms with van der Waals surface area (Å²) in [5.41, 5.74) is 1.02. The van der Waals surface area contributed by atoms with Crippen LogP contribution in [0.25, 0.3) is 0 Å². The summed E-state index contributed by atoms with van der Waals surface area (Å²) in [6, 6.07) is 4.72. The van der Waals surface area contributed by atoms with E-state index in [4.69, 9.17) is 4.74 Å². The Bertz CT molecular complexity index is 905. The van der Waals surface area contributed by atoms with E-state index >= 15 is 0 Å². The molecule has 27 heavy (non-hydrogen) atoms. The zero-order valence-electron chi connectivity index (χ0n) is 15.0. The molecule has 0 fully saturated rings. The van der Waals surface area contributed by atoms with Crippen molar-refractivity contribution in [2.45, 2.75) is 13.0 Å². The second-order valence-corrected chi connectivity index (χ2v) is 7.73. The molecule has 0 saturated heterocycles. The number of halogens is 1. The van der Waals surface area contributed by atoms with Gasteiger partial charge in [-0.1, -0.05) is 0 Å². The largest absolute Gasteiger partial charge is 0.495 e. The van der Waals surface area contributed by atoms with Gasteiger partial charge in [-0.15, -0.1) is 12.4 Å². The Morgan fingerprint density at radius 2 is 2.11 bits per heavy atom. The molecule has 11 heteroatoms. The summed E-state index contributed by atoms with van der Waals surface area (Å²) in [6.07, 6.45) is 3.54. The smallest absolute Gasteiger partial charge is 0.275 e. The van der Waals surface area contributed by atoms with Gasteiger partial charge in [0, 0.05) is 37.9 Å². The van der Waals surface area contributed by atoms with Gasteiger partial charge in [-0.3, -0.25) is 9.52 Å². The number of fused-ring (bicyclic) bond motifs is 1. The molecule has 1 aliphatic rings. The first kappa shape index (κ1) is 21.0. The first-order valence-corrected chi connectivity index (χ1v) is 9.99. The molecule has 3 rings (SSSR count). The number of nitrogens with one attached hydrogen (secondary N) is 3. The number of nitrogens with zero attached hydrogens (tertiary/aromatic N) is 2. The van der Waals surface area contributed by atoms with Gasteiger partial charge in [-0.2, -0.15) is 0 Å². The molecular weight excluding hydrogens is 394 g/mol. The topological polar surface area (TPSA) is 114 Å². The van der Waals surface area contributed by atoms with Gasteiger partial charge in [0.15, 0.2) is 0 Å². The van der Waals surface area contributed by atoms with E-state index in [1.807, 2.05) is 4.57 Å². The number of methoxy groups -OCH3 is 1. The van der Waals surface area contributed by atoms with Crippen molar-refractivity contribution in [2.24, 2.45) is 0 Å². The highest BCUT2D eigenvalue weighted by Crippen LogP contribution is 2.28. The average molecular weight is 416 g/mol. The molecule has 1 aliphatic heterocycles. The Morgan fingerprint density at radius 1 is 1.33 bits per heavy atom. The number of carbonyl (C=O) groups is 1. The number of aromatic nitrogens is 2. The number of benzene rings is 1. The van der Waals surface area contributed by atoms with Crippen LogP contribution in [-0.4, -0.2) is 50.3 Å². The summed E-state index contributed by atoms with van der Waals surface area (Å²) in [6.45, 7) is 2.43. The van der Waals surface area contributed by atoms with Crippen LogP contribution in [0.15, 0.2) is 24.4 Å². The van der Waals surface area contributed by atoms with Gasteiger partial charge in [0.25, 0.3) is 5.91 Å². The lowest BCUT2D eigenvalue weighted by atomic mass is 10.2. The van der Waals surface area contributed by atoms with Crippen LogP contribution >= 0.6 is 12.4 Å². The highest BCUT2D eigenvalue weighted by molar-refractivity contribution is 7.92. The molecule has 0 aliphatic carbocycles. The summed E-state index contributed by atoms with van der Waals surface area (Å²) in [5, 5.41) is 6.01. The summed E-state index contributed by atoms with van der Waals surface area (Å²) in [5.74, 6) is 0.873. The third-order valence-electron chi connectivity index (χ3n) is 3.90. The van der Waals surface area contributed by atoms with E-state index in [2.05, 4.69) is 20.3 Å². The Labute approximate surface area is 164 Å². The molecule has 0 spiro atoms. The van der Waals surface area contributed by atoms with E-state index in [1.54, 1.807) is 18.3 Å². The monoisotopic (exact) mass is 415 g/mol. The van der Waals surface area contributed by atoms with E-state index in [9.17, 15) is 13.2 Å². The number of rotatable bonds is 5. The normalized spacial score (nSPS) is 13.7. The number of hydrogen-bond donors (Lipinski definition) is 3. The fourth-order valence-corrected chi connectivity index (χ4v) is 3.30. The molecule has 2 aromatic rings. The predicted molar refractivity (Wildman–Crippen MR) is 105 cm³/mol. The van der Waals surface area contributed by atoms with Crippen LogP contribution in [0.4, 0.5) is 11.4 Å². The van der Waals surface area contributed by atoms with E-state index < -0.39 is 10.0 Å². The Balaban J connectivity index is 0.00000261. The molecule has 0 bridgehead atoms. The number of amides is 1. The average Bonchev–Trinajstić information content (AvgIpc) is 2.85. The maximum Gasteiger partial charge on any atom is 0.275 e. The summed E-state index contributed by atoms with van der Waals surface area (Å²) >= 11 is 0. The summed E-state index contributed by atoms with van der Waals surface area (Å²) in [7, 11) is -2.04. The van der Waals surface area contributed by atoms with Gasteiger partial charge < -0.3 is 19.9 Å². The fraction of sp³-hybridized carbons (Fsp3) is 0.375. The summed E-state index contributed by atoms with van der Waals surface area (Å²) in [4.78, 5) is 16.9. The second-order valence-electron chi connectivity index (χ2n) is 5.98. The quantitative estimate of drug-likeness (QED) is 0.673. The van der Waals surface area contributed by atoms with Crippen molar-refractivity contribution in [3.8, 4) is 5.75 Å². The third-order valence-corrected chi connectivity index (χ3v) is 4.49. The van der Waals surface area contributed by atoms with Crippen molar-refractivity contribution in [1.29, 1.82) is 0 Å². The Hall–Kier alpha value is -2.30. The zero-order valence-corrected chi connectivity index (χ0v) is 16.6. The summed E-state index contributed by atoms with van der Waals surface area (Å²) < 4.78 is 32.5. The minimum absolute atomic E-state index is 0. The molecule has 148 valence electrons. The molecule has 3 N–H and O–H groups in total. The van der Waals surface area contributed by atoms with Crippen molar-refractivity contribution in [2.75, 3.05) is 36.5 Å². The highest BCUT2D eigenvalue weighted by Gasteiger charge is 2.17. The van der Waals surface area contributed by atoms with Crippen molar-refractivity contribution in [3.63, 3.8) is 0 Å². The zero-order chi connectivity index (χ0) is 18.7. The number of imidazole rings is 1. The van der Waals surface area contributed by atoms with Crippen molar-refractivity contribution < 1.29 is 17.9 Å². The van der Waals surface area contributed by atoms with Crippen LogP contribution < -0.4 is 20.1 Å². The van der Waals surface area contributed by atoms with Gasteiger partial charge in [0.1, 0.15) is 17.3 Å². The maximum absolute atomic E-state index is 12.5. The molecule has 0 saturated carbocycles. The Kier molecular flexibility index (Phi) is 6.68. The van der Waals surface area contributed by atoms with Crippen molar-refractivity contribution >= 4 is 39.7 Å². The van der Waals surface area contributed by atoms with Crippen LogP contribution in [-0.2, 0) is 23.0 Å². The van der Waals surface area contributed by atoms with Crippen molar-refractivity contribution in [3.05, 3.63) is 35.9 Å². The predicted octanol–water partition coefficient (Wildman–Crippen LogP) is 1.08. The van der Waals surface area contributed by atoms with Crippen LogP contribution in [0.2, 0.25) is 0 Å².